The molecule has 0 bridgehead atoms. The van der Waals surface area contributed by atoms with Crippen LogP contribution in [0.2, 0.25) is 0 Å². The van der Waals surface area contributed by atoms with Crippen LogP contribution in [-0.2, 0) is 14.8 Å². The number of piperazine rings is 1. The number of nitrogens with zero attached hydrogens (tertiary/aromatic N) is 5. The highest BCUT2D eigenvalue weighted by molar-refractivity contribution is 7.89. The Morgan fingerprint density at radius 1 is 1.06 bits per heavy atom. The van der Waals surface area contributed by atoms with Crippen LogP contribution < -0.4 is 9.64 Å². The number of sulfonamides is 1. The average molecular weight is 498 g/mol. The van der Waals surface area contributed by atoms with Gasteiger partial charge in [0.1, 0.15) is 11.4 Å². The molecule has 3 rings (SSSR count). The third kappa shape index (κ3) is 7.69. The second kappa shape index (κ2) is 11.5. The summed E-state index contributed by atoms with van der Waals surface area (Å²) < 4.78 is 37.6. The first kappa shape index (κ1) is 26.5. The van der Waals surface area contributed by atoms with Crippen LogP contribution in [0, 0.1) is 5.92 Å². The summed E-state index contributed by atoms with van der Waals surface area (Å²) in [5, 5.41) is 0. The van der Waals surface area contributed by atoms with Gasteiger partial charge in [-0.05, 0) is 46.0 Å². The number of piperidine rings is 1. The minimum Gasteiger partial charge on any atom is -0.476 e. The molecular weight excluding hydrogens is 458 g/mol. The number of hydrogen-bond acceptors (Lipinski definition) is 8. The van der Waals surface area contributed by atoms with Gasteiger partial charge in [0, 0.05) is 39.3 Å². The Balaban J connectivity index is 1.40. The molecular formula is C23H39N5O5S. The Morgan fingerprint density at radius 3 is 2.29 bits per heavy atom. The average Bonchev–Trinajstić information content (AvgIpc) is 2.81. The van der Waals surface area contributed by atoms with Gasteiger partial charge in [0.15, 0.2) is 0 Å². The molecule has 2 aliphatic heterocycles. The zero-order valence-electron chi connectivity index (χ0n) is 20.9. The van der Waals surface area contributed by atoms with Gasteiger partial charge in [-0.25, -0.2) is 23.2 Å². The molecule has 11 heteroatoms. The molecule has 2 fully saturated rings. The van der Waals surface area contributed by atoms with Crippen molar-refractivity contribution < 1.29 is 22.7 Å². The third-order valence-electron chi connectivity index (χ3n) is 6.06. The fourth-order valence-electron chi connectivity index (χ4n) is 4.01. The maximum atomic E-state index is 12.4. The minimum absolute atomic E-state index is 0.218. The van der Waals surface area contributed by atoms with Crippen LogP contribution in [-0.4, -0.2) is 90.9 Å². The molecule has 1 amide bonds. The van der Waals surface area contributed by atoms with Crippen LogP contribution in [0.1, 0.15) is 53.4 Å². The van der Waals surface area contributed by atoms with Gasteiger partial charge in [-0.15, -0.1) is 0 Å². The fraction of sp³-hybridized carbons (Fsp3) is 0.783. The largest absolute Gasteiger partial charge is 0.476 e. The predicted octanol–water partition coefficient (Wildman–Crippen LogP) is 2.75. The maximum Gasteiger partial charge on any atom is 0.410 e. The number of carbonyl (C=O) groups is 1. The van der Waals surface area contributed by atoms with Crippen molar-refractivity contribution in [3.8, 4) is 5.88 Å². The number of aromatic nitrogens is 2. The molecule has 2 aliphatic rings. The van der Waals surface area contributed by atoms with Gasteiger partial charge in [0.2, 0.25) is 15.9 Å². The Labute approximate surface area is 203 Å². The van der Waals surface area contributed by atoms with E-state index in [0.29, 0.717) is 64.1 Å². The molecule has 0 spiro atoms. The molecule has 0 radical (unpaired) electrons. The van der Waals surface area contributed by atoms with Crippen LogP contribution in [0.25, 0.3) is 0 Å². The van der Waals surface area contributed by atoms with Gasteiger partial charge >= 0.3 is 6.09 Å². The lowest BCUT2D eigenvalue weighted by molar-refractivity contribution is 0.0164. The summed E-state index contributed by atoms with van der Waals surface area (Å²) in [5.41, 5.74) is -0.484. The lowest BCUT2D eigenvalue weighted by Gasteiger charge is -2.34. The van der Waals surface area contributed by atoms with E-state index in [1.807, 2.05) is 27.7 Å². The van der Waals surface area contributed by atoms with E-state index in [0.717, 1.165) is 25.1 Å². The zero-order valence-corrected chi connectivity index (χ0v) is 21.7. The molecule has 0 saturated carbocycles. The summed E-state index contributed by atoms with van der Waals surface area (Å²) in [6.45, 7) is 11.6. The van der Waals surface area contributed by atoms with E-state index < -0.39 is 15.6 Å². The first-order valence-corrected chi connectivity index (χ1v) is 13.8. The van der Waals surface area contributed by atoms with Crippen LogP contribution in [0.4, 0.5) is 10.6 Å². The van der Waals surface area contributed by atoms with Crippen LogP contribution in [0.5, 0.6) is 5.88 Å². The van der Waals surface area contributed by atoms with E-state index >= 15 is 0 Å². The summed E-state index contributed by atoms with van der Waals surface area (Å²) in [6, 6.07) is 0. The summed E-state index contributed by atoms with van der Waals surface area (Å²) in [4.78, 5) is 24.9. The standard InChI is InChI=1S/C23H39N5O5S/c1-5-6-15-34(30,31)28-13-11-26(12-14-28)20-16-25-21(17-24-20)32-18-19-7-9-27(10-8-19)22(29)33-23(2,3)4/h16-17,19H,5-15,18H2,1-4H3. The number of hydrogen-bond donors (Lipinski definition) is 0. The van der Waals surface area contributed by atoms with Crippen molar-refractivity contribution in [2.75, 3.05) is 56.5 Å². The molecule has 1 aromatic rings. The van der Waals surface area contributed by atoms with Gasteiger partial charge in [-0.3, -0.25) is 0 Å². The Bertz CT molecular complexity index is 887. The van der Waals surface area contributed by atoms with Crippen molar-refractivity contribution in [1.29, 1.82) is 0 Å². The monoisotopic (exact) mass is 497 g/mol. The summed E-state index contributed by atoms with van der Waals surface area (Å²) in [5.74, 6) is 1.76. The number of amides is 1. The summed E-state index contributed by atoms with van der Waals surface area (Å²) in [6.07, 6.45) is 6.32. The number of rotatable bonds is 8. The van der Waals surface area contributed by atoms with Crippen molar-refractivity contribution in [2.24, 2.45) is 5.92 Å². The van der Waals surface area contributed by atoms with E-state index in [2.05, 4.69) is 14.9 Å². The molecule has 192 valence electrons. The Hall–Kier alpha value is -2.14. The topological polar surface area (TPSA) is 105 Å². The van der Waals surface area contributed by atoms with Crippen molar-refractivity contribution in [3.05, 3.63) is 12.4 Å². The predicted molar refractivity (Wildman–Crippen MR) is 131 cm³/mol. The van der Waals surface area contributed by atoms with E-state index in [1.165, 1.54) is 0 Å². The van der Waals surface area contributed by atoms with Crippen molar-refractivity contribution >= 4 is 21.9 Å². The second-order valence-electron chi connectivity index (χ2n) is 9.99. The van der Waals surface area contributed by atoms with E-state index in [1.54, 1.807) is 21.6 Å². The van der Waals surface area contributed by atoms with Gasteiger partial charge in [0.05, 0.1) is 24.8 Å². The summed E-state index contributed by atoms with van der Waals surface area (Å²) in [7, 11) is -3.17. The third-order valence-corrected chi connectivity index (χ3v) is 8.02. The smallest absolute Gasteiger partial charge is 0.410 e. The molecule has 0 aliphatic carbocycles. The molecule has 0 aromatic carbocycles. The molecule has 0 atom stereocenters. The number of anilines is 1. The first-order valence-electron chi connectivity index (χ1n) is 12.2. The van der Waals surface area contributed by atoms with Crippen LogP contribution in [0.15, 0.2) is 12.4 Å². The van der Waals surface area contributed by atoms with Gasteiger partial charge in [-0.1, -0.05) is 13.3 Å². The first-order chi connectivity index (χ1) is 16.1. The van der Waals surface area contributed by atoms with Gasteiger partial charge < -0.3 is 19.3 Å². The SMILES string of the molecule is CCCCS(=O)(=O)N1CCN(c2cnc(OCC3CCN(C(=O)OC(C)(C)C)CC3)cn2)CC1. The van der Waals surface area contributed by atoms with Crippen LogP contribution in [0.3, 0.4) is 0 Å². The quantitative estimate of drug-likeness (QED) is 0.540. The highest BCUT2D eigenvalue weighted by atomic mass is 32.2. The van der Waals surface area contributed by atoms with Crippen molar-refractivity contribution in [3.63, 3.8) is 0 Å². The molecule has 2 saturated heterocycles. The minimum atomic E-state index is -3.17. The van der Waals surface area contributed by atoms with Crippen molar-refractivity contribution in [1.82, 2.24) is 19.2 Å². The molecule has 1 aromatic heterocycles. The van der Waals surface area contributed by atoms with E-state index in [4.69, 9.17) is 9.47 Å². The normalized spacial score (nSPS) is 18.7. The van der Waals surface area contributed by atoms with E-state index in [-0.39, 0.29) is 11.8 Å². The van der Waals surface area contributed by atoms with Crippen LogP contribution >= 0.6 is 0 Å². The fourth-order valence-corrected chi connectivity index (χ4v) is 5.64. The lowest BCUT2D eigenvalue weighted by Crippen LogP contribution is -2.49. The lowest BCUT2D eigenvalue weighted by atomic mass is 9.98. The maximum absolute atomic E-state index is 12.4. The second-order valence-corrected chi connectivity index (χ2v) is 12.1. The zero-order chi connectivity index (χ0) is 24.8. The Kier molecular flexibility index (Phi) is 8.97. The number of carbonyl (C=O) groups excluding carboxylic acids is 1. The number of unbranched alkanes of at least 4 members (excludes halogenated alkanes) is 1. The van der Waals surface area contributed by atoms with Crippen molar-refractivity contribution in [2.45, 2.75) is 59.0 Å². The molecule has 0 N–H and O–H groups in total. The summed E-state index contributed by atoms with van der Waals surface area (Å²) >= 11 is 0. The Morgan fingerprint density at radius 2 is 1.74 bits per heavy atom. The molecule has 10 nitrogen and oxygen atoms in total. The molecule has 34 heavy (non-hydrogen) atoms. The molecule has 0 unspecified atom stereocenters. The number of likely N-dealkylation sites (tertiary alicyclic amines) is 1. The molecule has 3 heterocycles. The van der Waals surface area contributed by atoms with E-state index in [9.17, 15) is 13.2 Å². The highest BCUT2D eigenvalue weighted by Crippen LogP contribution is 2.22. The highest BCUT2D eigenvalue weighted by Gasteiger charge is 2.28. The van der Waals surface area contributed by atoms with Gasteiger partial charge in [-0.2, -0.15) is 4.31 Å². The number of ether oxygens (including phenoxy) is 2. The van der Waals surface area contributed by atoms with Gasteiger partial charge in [0.25, 0.3) is 0 Å².